The largest absolute Gasteiger partial charge is 0.497 e. The number of hydrogen-bond acceptors (Lipinski definition) is 5. The lowest BCUT2D eigenvalue weighted by atomic mass is 10.1. The van der Waals surface area contributed by atoms with Crippen molar-refractivity contribution >= 4 is 34.8 Å². The lowest BCUT2D eigenvalue weighted by Crippen LogP contribution is -2.54. The van der Waals surface area contributed by atoms with Crippen molar-refractivity contribution in [3.05, 3.63) is 45.9 Å². The minimum Gasteiger partial charge on any atom is -0.497 e. The van der Waals surface area contributed by atoms with E-state index in [9.17, 15) is 4.79 Å². The first kappa shape index (κ1) is 16.0. The molecule has 4 rings (SSSR count). The van der Waals surface area contributed by atoms with Gasteiger partial charge in [-0.3, -0.25) is 4.79 Å². The zero-order valence-electron chi connectivity index (χ0n) is 14.2. The Morgan fingerprint density at radius 3 is 2.80 bits per heavy atom. The molecule has 1 atom stereocenters. The summed E-state index contributed by atoms with van der Waals surface area (Å²) < 4.78 is 5.21. The number of aromatic nitrogens is 1. The highest BCUT2D eigenvalue weighted by molar-refractivity contribution is 7.11. The number of benzene rings is 1. The molecule has 2 aliphatic rings. The Bertz CT molecular complexity index is 885. The molecule has 1 aromatic heterocycles. The molecule has 0 bridgehead atoms. The molecule has 0 saturated carbocycles. The number of hydrogen-bond donors (Lipinski definition) is 1. The fourth-order valence-electron chi connectivity index (χ4n) is 3.42. The quantitative estimate of drug-likeness (QED) is 0.860. The van der Waals surface area contributed by atoms with E-state index in [-0.39, 0.29) is 10.6 Å². The number of quaternary nitrogens is 1. The third-order valence-electron chi connectivity index (χ3n) is 4.50. The number of methoxy groups -OCH3 is 1. The van der Waals surface area contributed by atoms with Crippen molar-refractivity contribution in [3.8, 4) is 5.75 Å². The fourth-order valence-corrected chi connectivity index (χ4v) is 4.37. The number of ether oxygens (including phenoxy) is 1. The molecule has 0 fully saturated rings. The zero-order valence-corrected chi connectivity index (χ0v) is 15.0. The Kier molecular flexibility index (Phi) is 3.89. The topological polar surface area (TPSA) is 63.6 Å². The maximum Gasteiger partial charge on any atom is 0.264 e. The summed E-state index contributed by atoms with van der Waals surface area (Å²) >= 11 is 1.61. The molecular weight excluding hydrogens is 336 g/mol. The maximum atomic E-state index is 12.1. The summed E-state index contributed by atoms with van der Waals surface area (Å²) in [5, 5.41) is 4.74. The molecule has 7 heteroatoms. The molecule has 0 radical (unpaired) electrons. The molecule has 6 nitrogen and oxygen atoms in total. The van der Waals surface area contributed by atoms with Crippen LogP contribution in [0.3, 0.4) is 0 Å². The predicted octanol–water partition coefficient (Wildman–Crippen LogP) is 3.26. The minimum atomic E-state index is -0.142. The lowest BCUT2D eigenvalue weighted by molar-refractivity contribution is -0.122. The van der Waals surface area contributed by atoms with E-state index in [1.807, 2.05) is 36.0 Å². The number of carbonyl (C=O) groups is 1. The summed E-state index contributed by atoms with van der Waals surface area (Å²) in [6.07, 6.45) is 4.80. The third-order valence-corrected chi connectivity index (χ3v) is 5.37. The van der Waals surface area contributed by atoms with E-state index in [1.54, 1.807) is 18.4 Å². The van der Waals surface area contributed by atoms with Crippen molar-refractivity contribution in [3.63, 3.8) is 0 Å². The van der Waals surface area contributed by atoms with Crippen LogP contribution in [0.1, 0.15) is 30.3 Å². The van der Waals surface area contributed by atoms with Crippen LogP contribution in [-0.2, 0) is 11.2 Å². The zero-order chi connectivity index (χ0) is 17.4. The Hall–Kier alpha value is -2.51. The predicted molar refractivity (Wildman–Crippen MR) is 99.1 cm³/mol. The summed E-state index contributed by atoms with van der Waals surface area (Å²) in [6, 6.07) is 7.65. The van der Waals surface area contributed by atoms with Gasteiger partial charge in [0.15, 0.2) is 5.69 Å². The average molecular weight is 355 g/mol. The van der Waals surface area contributed by atoms with Crippen LogP contribution in [0.2, 0.25) is 0 Å². The molecule has 0 saturated heterocycles. The van der Waals surface area contributed by atoms with Crippen molar-refractivity contribution in [2.75, 3.05) is 7.11 Å². The van der Waals surface area contributed by atoms with E-state index in [4.69, 9.17) is 9.84 Å². The Morgan fingerprint density at radius 2 is 2.08 bits per heavy atom. The molecule has 1 N–H and O–H groups in total. The normalized spacial score (nSPS) is 21.5. The first-order chi connectivity index (χ1) is 12.1. The van der Waals surface area contributed by atoms with Crippen molar-refractivity contribution in [1.29, 1.82) is 0 Å². The van der Waals surface area contributed by atoms with Crippen molar-refractivity contribution in [1.82, 2.24) is 15.1 Å². The van der Waals surface area contributed by atoms with E-state index in [0.29, 0.717) is 0 Å². The molecule has 2 heterocycles. The molecule has 1 unspecified atom stereocenters. The van der Waals surface area contributed by atoms with Gasteiger partial charge in [0.2, 0.25) is 5.70 Å². The minimum absolute atomic E-state index is 0.0517. The maximum absolute atomic E-state index is 12.1. The second-order valence-corrected chi connectivity index (χ2v) is 6.96. The highest BCUT2D eigenvalue weighted by Gasteiger charge is 2.47. The standard InChI is InChI=1S/C18H18N4O2S/c1-12(23)21-22(14-6-8-15(24-2)9-7-14)17-13(10-20-22)4-3-5-16-18(17)25-11-19-16/h6-11H,3-5H2,1-2H3/p+1. The Balaban J connectivity index is 1.92. The van der Waals surface area contributed by atoms with Crippen molar-refractivity contribution in [2.24, 2.45) is 5.10 Å². The Morgan fingerprint density at radius 1 is 1.28 bits per heavy atom. The number of fused-ring (bicyclic) bond motifs is 2. The van der Waals surface area contributed by atoms with Gasteiger partial charge in [-0.2, -0.15) is 5.43 Å². The number of carbonyl (C=O) groups excluding carboxylic acids is 1. The monoisotopic (exact) mass is 355 g/mol. The van der Waals surface area contributed by atoms with Crippen LogP contribution in [0.5, 0.6) is 5.75 Å². The number of rotatable bonds is 3. The second-order valence-electron chi connectivity index (χ2n) is 6.10. The molecule has 1 aliphatic heterocycles. The van der Waals surface area contributed by atoms with E-state index in [0.717, 1.165) is 52.5 Å². The van der Waals surface area contributed by atoms with Crippen LogP contribution in [0.25, 0.3) is 5.70 Å². The summed E-state index contributed by atoms with van der Waals surface area (Å²) in [6.45, 7) is 1.52. The van der Waals surface area contributed by atoms with Crippen LogP contribution in [-0.4, -0.2) is 24.2 Å². The Labute approximate surface area is 150 Å². The van der Waals surface area contributed by atoms with E-state index in [2.05, 4.69) is 10.4 Å². The number of nitrogens with zero attached hydrogens (tertiary/aromatic N) is 3. The van der Waals surface area contributed by atoms with Gasteiger partial charge in [0.25, 0.3) is 5.91 Å². The smallest absolute Gasteiger partial charge is 0.264 e. The van der Waals surface area contributed by atoms with Gasteiger partial charge in [0, 0.05) is 24.6 Å². The van der Waals surface area contributed by atoms with Crippen LogP contribution in [0.15, 0.2) is 40.5 Å². The molecule has 2 aromatic rings. The van der Waals surface area contributed by atoms with Gasteiger partial charge in [0.05, 0.1) is 24.5 Å². The second kappa shape index (κ2) is 6.09. The third kappa shape index (κ3) is 2.56. The fraction of sp³-hybridized carbons (Fsp3) is 0.278. The van der Waals surface area contributed by atoms with Gasteiger partial charge in [-0.25, -0.2) is 4.98 Å². The van der Waals surface area contributed by atoms with Gasteiger partial charge in [-0.1, -0.05) is 5.10 Å². The first-order valence-corrected chi connectivity index (χ1v) is 9.06. The van der Waals surface area contributed by atoms with Gasteiger partial charge < -0.3 is 4.74 Å². The number of nitrogens with one attached hydrogen (secondary N) is 1. The molecule has 128 valence electrons. The van der Waals surface area contributed by atoms with Crippen LogP contribution < -0.4 is 14.9 Å². The van der Waals surface area contributed by atoms with Gasteiger partial charge in [0.1, 0.15) is 10.6 Å². The molecule has 1 aliphatic carbocycles. The summed E-state index contributed by atoms with van der Waals surface area (Å²) in [7, 11) is 1.64. The molecular formula is C18H19N4O2S+. The van der Waals surface area contributed by atoms with Gasteiger partial charge >= 0.3 is 0 Å². The van der Waals surface area contributed by atoms with E-state index in [1.165, 1.54) is 6.92 Å². The SMILES string of the molecule is COc1ccc([N+]2(NC(C)=O)N=CC3=C2c2scnc2CCC3)cc1. The van der Waals surface area contributed by atoms with Crippen LogP contribution in [0, 0.1) is 0 Å². The highest BCUT2D eigenvalue weighted by Crippen LogP contribution is 2.44. The highest BCUT2D eigenvalue weighted by atomic mass is 32.1. The molecule has 1 amide bonds. The summed E-state index contributed by atoms with van der Waals surface area (Å²) in [5.41, 5.74) is 9.03. The van der Waals surface area contributed by atoms with Crippen molar-refractivity contribution in [2.45, 2.75) is 26.2 Å². The van der Waals surface area contributed by atoms with Gasteiger partial charge in [-0.05, 0) is 36.1 Å². The number of aryl methyl sites for hydroxylation is 1. The summed E-state index contributed by atoms with van der Waals surface area (Å²) in [4.78, 5) is 17.7. The number of amides is 1. The first-order valence-electron chi connectivity index (χ1n) is 8.18. The summed E-state index contributed by atoms with van der Waals surface area (Å²) in [5.74, 6) is 0.624. The molecule has 1 aromatic carbocycles. The number of allylic oxidation sites excluding steroid dienone is 1. The van der Waals surface area contributed by atoms with E-state index >= 15 is 0 Å². The van der Waals surface area contributed by atoms with Crippen LogP contribution in [0.4, 0.5) is 5.69 Å². The number of thiazole rings is 1. The van der Waals surface area contributed by atoms with E-state index < -0.39 is 0 Å². The average Bonchev–Trinajstić information content (AvgIpc) is 3.15. The lowest BCUT2D eigenvalue weighted by Gasteiger charge is -2.29. The van der Waals surface area contributed by atoms with Gasteiger partial charge in [-0.15, -0.1) is 11.3 Å². The van der Waals surface area contributed by atoms with Crippen LogP contribution >= 0.6 is 11.3 Å². The molecule has 0 spiro atoms. The van der Waals surface area contributed by atoms with Crippen molar-refractivity contribution < 1.29 is 9.53 Å². The molecule has 25 heavy (non-hydrogen) atoms.